The summed E-state index contributed by atoms with van der Waals surface area (Å²) in [5.41, 5.74) is 6.08. The highest BCUT2D eigenvalue weighted by molar-refractivity contribution is 5.91. The third-order valence-corrected chi connectivity index (χ3v) is 3.57. The summed E-state index contributed by atoms with van der Waals surface area (Å²) in [4.78, 5) is 4.44. The summed E-state index contributed by atoms with van der Waals surface area (Å²) in [7, 11) is 0. The molecular weight excluding hydrogens is 210 g/mol. The Bertz CT molecular complexity index is 518. The Morgan fingerprint density at radius 1 is 1.18 bits per heavy atom. The van der Waals surface area contributed by atoms with E-state index in [1.54, 1.807) is 0 Å². The van der Waals surface area contributed by atoms with Gasteiger partial charge in [-0.15, -0.1) is 0 Å². The van der Waals surface area contributed by atoms with Crippen molar-refractivity contribution in [2.24, 2.45) is 5.73 Å². The van der Waals surface area contributed by atoms with Gasteiger partial charge in [0.2, 0.25) is 0 Å². The lowest BCUT2D eigenvalue weighted by Crippen LogP contribution is -2.35. The van der Waals surface area contributed by atoms with Crippen molar-refractivity contribution in [1.29, 1.82) is 0 Å². The van der Waals surface area contributed by atoms with E-state index in [1.165, 1.54) is 17.2 Å². The van der Waals surface area contributed by atoms with Crippen LogP contribution >= 0.6 is 0 Å². The zero-order valence-corrected chi connectivity index (χ0v) is 9.76. The molecular formula is C14H17N3. The zero-order valence-electron chi connectivity index (χ0n) is 9.76. The molecule has 2 atom stereocenters. The van der Waals surface area contributed by atoms with Gasteiger partial charge in [-0.3, -0.25) is 0 Å². The average molecular weight is 227 g/mol. The normalized spacial score (nSPS) is 24.1. The predicted octanol–water partition coefficient (Wildman–Crippen LogP) is 2.53. The van der Waals surface area contributed by atoms with E-state index >= 15 is 0 Å². The number of fused-ring (bicyclic) bond motifs is 1. The largest absolute Gasteiger partial charge is 0.365 e. The van der Waals surface area contributed by atoms with Crippen molar-refractivity contribution in [3.63, 3.8) is 0 Å². The average Bonchev–Trinajstić information content (AvgIpc) is 2.76. The maximum Gasteiger partial charge on any atom is 0.134 e. The SMILES string of the molecule is NC1CCCC1Nc1nccc2ccccc12. The molecule has 1 aliphatic carbocycles. The van der Waals surface area contributed by atoms with E-state index in [0.717, 1.165) is 18.7 Å². The maximum atomic E-state index is 6.08. The quantitative estimate of drug-likeness (QED) is 0.829. The molecule has 88 valence electrons. The standard InChI is InChI=1S/C14H17N3/c15-12-6-3-7-13(12)17-14-11-5-2-1-4-10(11)8-9-16-14/h1-2,4-5,8-9,12-13H,3,6-7,15H2,(H,16,17). The van der Waals surface area contributed by atoms with Crippen molar-refractivity contribution < 1.29 is 0 Å². The molecule has 3 rings (SSSR count). The molecule has 0 radical (unpaired) electrons. The van der Waals surface area contributed by atoms with E-state index in [1.807, 2.05) is 24.4 Å². The number of anilines is 1. The molecule has 0 aliphatic heterocycles. The third kappa shape index (κ3) is 1.98. The van der Waals surface area contributed by atoms with Gasteiger partial charge in [0.1, 0.15) is 5.82 Å². The van der Waals surface area contributed by atoms with Gasteiger partial charge in [0.05, 0.1) is 0 Å². The molecule has 1 aromatic carbocycles. The van der Waals surface area contributed by atoms with E-state index in [-0.39, 0.29) is 6.04 Å². The molecule has 0 spiro atoms. The summed E-state index contributed by atoms with van der Waals surface area (Å²) in [6.07, 6.45) is 5.32. The maximum absolute atomic E-state index is 6.08. The Kier molecular flexibility index (Phi) is 2.69. The van der Waals surface area contributed by atoms with Crippen LogP contribution in [-0.4, -0.2) is 17.1 Å². The Balaban J connectivity index is 1.94. The summed E-state index contributed by atoms with van der Waals surface area (Å²) < 4.78 is 0. The molecule has 1 aromatic heterocycles. The lowest BCUT2D eigenvalue weighted by molar-refractivity contribution is 0.636. The number of rotatable bonds is 2. The van der Waals surface area contributed by atoms with E-state index in [9.17, 15) is 0 Å². The third-order valence-electron chi connectivity index (χ3n) is 3.57. The number of nitrogens with one attached hydrogen (secondary N) is 1. The lowest BCUT2D eigenvalue weighted by atomic mass is 10.1. The molecule has 3 nitrogen and oxygen atoms in total. The van der Waals surface area contributed by atoms with Gasteiger partial charge in [0, 0.05) is 23.7 Å². The molecule has 1 fully saturated rings. The first-order valence-corrected chi connectivity index (χ1v) is 6.20. The van der Waals surface area contributed by atoms with Crippen LogP contribution in [0.4, 0.5) is 5.82 Å². The monoisotopic (exact) mass is 227 g/mol. The van der Waals surface area contributed by atoms with Gasteiger partial charge in [-0.25, -0.2) is 4.98 Å². The highest BCUT2D eigenvalue weighted by Gasteiger charge is 2.24. The number of aromatic nitrogens is 1. The fourth-order valence-electron chi connectivity index (χ4n) is 2.58. The van der Waals surface area contributed by atoms with E-state index in [4.69, 9.17) is 5.73 Å². The molecule has 0 bridgehead atoms. The van der Waals surface area contributed by atoms with Crippen LogP contribution in [-0.2, 0) is 0 Å². The molecule has 2 aromatic rings. The summed E-state index contributed by atoms with van der Waals surface area (Å²) in [6, 6.07) is 11.0. The summed E-state index contributed by atoms with van der Waals surface area (Å²) in [6.45, 7) is 0. The zero-order chi connectivity index (χ0) is 11.7. The van der Waals surface area contributed by atoms with Crippen LogP contribution in [0.3, 0.4) is 0 Å². The van der Waals surface area contributed by atoms with Crippen LogP contribution < -0.4 is 11.1 Å². The van der Waals surface area contributed by atoms with E-state index in [2.05, 4.69) is 22.4 Å². The van der Waals surface area contributed by atoms with Crippen molar-refractivity contribution in [1.82, 2.24) is 4.98 Å². The highest BCUT2D eigenvalue weighted by atomic mass is 15.0. The van der Waals surface area contributed by atoms with Crippen LogP contribution in [0.25, 0.3) is 10.8 Å². The molecule has 0 saturated heterocycles. The molecule has 17 heavy (non-hydrogen) atoms. The number of nitrogens with two attached hydrogens (primary N) is 1. The van der Waals surface area contributed by atoms with E-state index < -0.39 is 0 Å². The number of hydrogen-bond acceptors (Lipinski definition) is 3. The number of benzene rings is 1. The van der Waals surface area contributed by atoms with Crippen LogP contribution in [0, 0.1) is 0 Å². The minimum absolute atomic E-state index is 0.260. The van der Waals surface area contributed by atoms with Gasteiger partial charge in [0.15, 0.2) is 0 Å². The summed E-state index contributed by atoms with van der Waals surface area (Å²) >= 11 is 0. The van der Waals surface area contributed by atoms with Gasteiger partial charge in [-0.1, -0.05) is 24.3 Å². The van der Waals surface area contributed by atoms with E-state index in [0.29, 0.717) is 6.04 Å². The van der Waals surface area contributed by atoms with Crippen LogP contribution in [0.1, 0.15) is 19.3 Å². The topological polar surface area (TPSA) is 50.9 Å². The van der Waals surface area contributed by atoms with Crippen molar-refractivity contribution in [2.45, 2.75) is 31.3 Å². The second-order valence-electron chi connectivity index (χ2n) is 4.73. The van der Waals surface area contributed by atoms with Crippen molar-refractivity contribution >= 4 is 16.6 Å². The highest BCUT2D eigenvalue weighted by Crippen LogP contribution is 2.25. The fourth-order valence-corrected chi connectivity index (χ4v) is 2.58. The molecule has 3 N–H and O–H groups in total. The second-order valence-corrected chi connectivity index (χ2v) is 4.73. The summed E-state index contributed by atoms with van der Waals surface area (Å²) in [5.74, 6) is 0.963. The minimum Gasteiger partial charge on any atom is -0.365 e. The second kappa shape index (κ2) is 4.34. The predicted molar refractivity (Wildman–Crippen MR) is 71.0 cm³/mol. The van der Waals surface area contributed by atoms with Gasteiger partial charge < -0.3 is 11.1 Å². The molecule has 0 amide bonds. The van der Waals surface area contributed by atoms with Gasteiger partial charge >= 0.3 is 0 Å². The Hall–Kier alpha value is -1.61. The Labute approximate surface area is 101 Å². The molecule has 1 saturated carbocycles. The molecule has 1 heterocycles. The molecule has 2 unspecified atom stereocenters. The fraction of sp³-hybridized carbons (Fsp3) is 0.357. The molecule has 3 heteroatoms. The van der Waals surface area contributed by atoms with Crippen LogP contribution in [0.2, 0.25) is 0 Å². The van der Waals surface area contributed by atoms with Crippen molar-refractivity contribution in [2.75, 3.05) is 5.32 Å². The van der Waals surface area contributed by atoms with Gasteiger partial charge in [0.25, 0.3) is 0 Å². The van der Waals surface area contributed by atoms with Gasteiger partial charge in [-0.05, 0) is 30.7 Å². The first-order chi connectivity index (χ1) is 8.34. The minimum atomic E-state index is 0.260. The van der Waals surface area contributed by atoms with Gasteiger partial charge in [-0.2, -0.15) is 0 Å². The smallest absolute Gasteiger partial charge is 0.134 e. The Morgan fingerprint density at radius 2 is 2.06 bits per heavy atom. The lowest BCUT2D eigenvalue weighted by Gasteiger charge is -2.18. The first-order valence-electron chi connectivity index (χ1n) is 6.20. The number of hydrogen-bond donors (Lipinski definition) is 2. The van der Waals surface area contributed by atoms with Crippen molar-refractivity contribution in [3.05, 3.63) is 36.5 Å². The first kappa shape index (κ1) is 10.5. The Morgan fingerprint density at radius 3 is 2.88 bits per heavy atom. The molecule has 1 aliphatic rings. The number of nitrogens with zero attached hydrogens (tertiary/aromatic N) is 1. The van der Waals surface area contributed by atoms with Crippen LogP contribution in [0.15, 0.2) is 36.5 Å². The summed E-state index contributed by atoms with van der Waals surface area (Å²) in [5, 5.41) is 5.89. The van der Waals surface area contributed by atoms with Crippen LogP contribution in [0.5, 0.6) is 0 Å². The van der Waals surface area contributed by atoms with Crippen molar-refractivity contribution in [3.8, 4) is 0 Å². The number of pyridine rings is 1.